The van der Waals surface area contributed by atoms with Crippen molar-refractivity contribution in [3.8, 4) is 0 Å². The van der Waals surface area contributed by atoms with Crippen LogP contribution in [0.4, 0.5) is 0 Å². The van der Waals surface area contributed by atoms with Crippen LogP contribution in [0.25, 0.3) is 0 Å². The van der Waals surface area contributed by atoms with Crippen LogP contribution in [0.15, 0.2) is 12.4 Å². The van der Waals surface area contributed by atoms with Crippen LogP contribution in [-0.2, 0) is 13.6 Å². The van der Waals surface area contributed by atoms with Gasteiger partial charge < -0.3 is 5.11 Å². The van der Waals surface area contributed by atoms with Gasteiger partial charge in [0.1, 0.15) is 0 Å². The fourth-order valence-electron chi connectivity index (χ4n) is 2.29. The van der Waals surface area contributed by atoms with E-state index in [0.29, 0.717) is 12.5 Å². The van der Waals surface area contributed by atoms with Crippen LogP contribution >= 0.6 is 0 Å². The lowest BCUT2D eigenvalue weighted by Gasteiger charge is -2.14. The first-order chi connectivity index (χ1) is 7.28. The Kier molecular flexibility index (Phi) is 3.38. The van der Waals surface area contributed by atoms with Crippen LogP contribution < -0.4 is 0 Å². The average Bonchev–Trinajstić information content (AvgIpc) is 2.78. The van der Waals surface area contributed by atoms with Gasteiger partial charge in [0.2, 0.25) is 0 Å². The second-order valence-corrected chi connectivity index (χ2v) is 4.42. The lowest BCUT2D eigenvalue weighted by Crippen LogP contribution is -2.20. The van der Waals surface area contributed by atoms with Crippen molar-refractivity contribution in [2.45, 2.75) is 19.4 Å². The Labute approximate surface area is 90.5 Å². The van der Waals surface area contributed by atoms with Crippen molar-refractivity contribution in [3.05, 3.63) is 18.0 Å². The standard InChI is InChI=1S/C11H19N3O/c1-13-7-11(6-12-13)9-14-4-2-10(8-14)3-5-15/h6-7,10,15H,2-5,8-9H2,1H3. The third-order valence-corrected chi connectivity index (χ3v) is 3.07. The van der Waals surface area contributed by atoms with Gasteiger partial charge in [-0.3, -0.25) is 9.58 Å². The molecule has 1 unspecified atom stereocenters. The maximum absolute atomic E-state index is 8.87. The molecule has 4 nitrogen and oxygen atoms in total. The van der Waals surface area contributed by atoms with Crippen LogP contribution in [0.5, 0.6) is 0 Å². The van der Waals surface area contributed by atoms with Gasteiger partial charge in [-0.1, -0.05) is 0 Å². The number of hydrogen-bond donors (Lipinski definition) is 1. The van der Waals surface area contributed by atoms with Crippen molar-refractivity contribution in [1.29, 1.82) is 0 Å². The minimum Gasteiger partial charge on any atom is -0.396 e. The molecule has 1 aromatic rings. The van der Waals surface area contributed by atoms with Crippen LogP contribution in [0, 0.1) is 5.92 Å². The lowest BCUT2D eigenvalue weighted by atomic mass is 10.1. The van der Waals surface area contributed by atoms with Gasteiger partial charge in [0.05, 0.1) is 6.20 Å². The van der Waals surface area contributed by atoms with Gasteiger partial charge in [-0.15, -0.1) is 0 Å². The highest BCUT2D eigenvalue weighted by Crippen LogP contribution is 2.20. The molecule has 1 aliphatic heterocycles. The van der Waals surface area contributed by atoms with Gasteiger partial charge in [0.25, 0.3) is 0 Å². The Morgan fingerprint density at radius 2 is 2.47 bits per heavy atom. The van der Waals surface area contributed by atoms with Gasteiger partial charge in [0, 0.05) is 38.5 Å². The Hall–Kier alpha value is -0.870. The van der Waals surface area contributed by atoms with E-state index in [1.807, 2.05) is 17.9 Å². The van der Waals surface area contributed by atoms with Gasteiger partial charge in [-0.05, 0) is 25.3 Å². The minimum absolute atomic E-state index is 0.325. The SMILES string of the molecule is Cn1cc(CN2CCC(CCO)C2)cn1. The molecule has 0 spiro atoms. The van der Waals surface area contributed by atoms with E-state index >= 15 is 0 Å². The number of hydrogen-bond acceptors (Lipinski definition) is 3. The Morgan fingerprint density at radius 1 is 1.60 bits per heavy atom. The highest BCUT2D eigenvalue weighted by molar-refractivity contribution is 5.03. The fraction of sp³-hybridized carbons (Fsp3) is 0.727. The van der Waals surface area contributed by atoms with E-state index in [1.165, 1.54) is 12.0 Å². The van der Waals surface area contributed by atoms with Gasteiger partial charge in [-0.2, -0.15) is 5.10 Å². The van der Waals surface area contributed by atoms with Crippen LogP contribution in [0.1, 0.15) is 18.4 Å². The average molecular weight is 209 g/mol. The molecular weight excluding hydrogens is 190 g/mol. The maximum atomic E-state index is 8.87. The van der Waals surface area contributed by atoms with Crippen molar-refractivity contribution in [2.24, 2.45) is 13.0 Å². The first-order valence-electron chi connectivity index (χ1n) is 5.58. The molecule has 1 saturated heterocycles. The molecule has 1 aliphatic rings. The quantitative estimate of drug-likeness (QED) is 0.790. The topological polar surface area (TPSA) is 41.3 Å². The number of aliphatic hydroxyl groups excluding tert-OH is 1. The predicted octanol–water partition coefficient (Wildman–Crippen LogP) is 0.624. The Balaban J connectivity index is 1.82. The van der Waals surface area contributed by atoms with Crippen molar-refractivity contribution in [3.63, 3.8) is 0 Å². The third-order valence-electron chi connectivity index (χ3n) is 3.07. The lowest BCUT2D eigenvalue weighted by molar-refractivity contribution is 0.249. The molecule has 0 aliphatic carbocycles. The molecule has 0 amide bonds. The summed E-state index contributed by atoms with van der Waals surface area (Å²) < 4.78 is 1.84. The zero-order chi connectivity index (χ0) is 10.7. The number of likely N-dealkylation sites (tertiary alicyclic amines) is 1. The number of nitrogens with zero attached hydrogens (tertiary/aromatic N) is 3. The summed E-state index contributed by atoms with van der Waals surface area (Å²) in [6, 6.07) is 0. The third kappa shape index (κ3) is 2.79. The largest absolute Gasteiger partial charge is 0.396 e. The van der Waals surface area contributed by atoms with Crippen molar-refractivity contribution in [1.82, 2.24) is 14.7 Å². The zero-order valence-corrected chi connectivity index (χ0v) is 9.26. The summed E-state index contributed by atoms with van der Waals surface area (Å²) in [6.45, 7) is 3.59. The second-order valence-electron chi connectivity index (χ2n) is 4.42. The number of rotatable bonds is 4. The summed E-state index contributed by atoms with van der Waals surface area (Å²) in [5, 5.41) is 13.0. The van der Waals surface area contributed by atoms with Crippen LogP contribution in [0.2, 0.25) is 0 Å². The van der Waals surface area contributed by atoms with Gasteiger partial charge in [-0.25, -0.2) is 0 Å². The normalized spacial score (nSPS) is 22.4. The number of aliphatic hydroxyl groups is 1. The summed E-state index contributed by atoms with van der Waals surface area (Å²) in [5.41, 5.74) is 1.28. The second kappa shape index (κ2) is 4.77. The molecule has 0 saturated carbocycles. The molecule has 84 valence electrons. The van der Waals surface area contributed by atoms with Crippen molar-refractivity contribution >= 4 is 0 Å². The van der Waals surface area contributed by atoms with Gasteiger partial charge in [0.15, 0.2) is 0 Å². The predicted molar refractivity (Wildman–Crippen MR) is 58.3 cm³/mol. The van der Waals surface area contributed by atoms with E-state index in [-0.39, 0.29) is 0 Å². The number of aromatic nitrogens is 2. The van der Waals surface area contributed by atoms with E-state index in [2.05, 4.69) is 16.2 Å². The van der Waals surface area contributed by atoms with Gasteiger partial charge >= 0.3 is 0 Å². The van der Waals surface area contributed by atoms with Crippen LogP contribution in [0.3, 0.4) is 0 Å². The van der Waals surface area contributed by atoms with E-state index in [4.69, 9.17) is 5.11 Å². The summed E-state index contributed by atoms with van der Waals surface area (Å²) >= 11 is 0. The Morgan fingerprint density at radius 3 is 3.13 bits per heavy atom. The zero-order valence-electron chi connectivity index (χ0n) is 9.26. The molecule has 2 rings (SSSR count). The molecule has 1 atom stereocenters. The molecule has 2 heterocycles. The summed E-state index contributed by atoms with van der Waals surface area (Å²) in [4.78, 5) is 2.44. The number of aryl methyl sites for hydroxylation is 1. The molecule has 1 N–H and O–H groups in total. The maximum Gasteiger partial charge on any atom is 0.0534 e. The van der Waals surface area contributed by atoms with E-state index < -0.39 is 0 Å². The molecule has 4 heteroatoms. The van der Waals surface area contributed by atoms with E-state index in [0.717, 1.165) is 26.1 Å². The highest BCUT2D eigenvalue weighted by atomic mass is 16.3. The van der Waals surface area contributed by atoms with E-state index in [9.17, 15) is 0 Å². The molecule has 0 radical (unpaired) electrons. The van der Waals surface area contributed by atoms with Crippen molar-refractivity contribution in [2.75, 3.05) is 19.7 Å². The fourth-order valence-corrected chi connectivity index (χ4v) is 2.29. The summed E-state index contributed by atoms with van der Waals surface area (Å²) in [5.74, 6) is 0.687. The first kappa shape index (κ1) is 10.6. The smallest absolute Gasteiger partial charge is 0.0534 e. The molecule has 15 heavy (non-hydrogen) atoms. The molecule has 1 aromatic heterocycles. The molecule has 1 fully saturated rings. The first-order valence-corrected chi connectivity index (χ1v) is 5.58. The van der Waals surface area contributed by atoms with Crippen LogP contribution in [-0.4, -0.2) is 39.5 Å². The highest BCUT2D eigenvalue weighted by Gasteiger charge is 2.21. The monoisotopic (exact) mass is 209 g/mol. The molecule has 0 bridgehead atoms. The van der Waals surface area contributed by atoms with Crippen molar-refractivity contribution < 1.29 is 5.11 Å². The Bertz CT molecular complexity index is 311. The summed E-state index contributed by atoms with van der Waals surface area (Å²) in [7, 11) is 1.95. The van der Waals surface area contributed by atoms with E-state index in [1.54, 1.807) is 0 Å². The molecular formula is C11H19N3O. The summed E-state index contributed by atoms with van der Waals surface area (Å²) in [6.07, 6.45) is 6.17. The minimum atomic E-state index is 0.325. The molecule has 0 aromatic carbocycles.